The predicted molar refractivity (Wildman–Crippen MR) is 66.0 cm³/mol. The number of aliphatic hydroxyl groups excluding tert-OH is 1. The zero-order valence-corrected chi connectivity index (χ0v) is 9.96. The fourth-order valence-corrected chi connectivity index (χ4v) is 1.62. The molecule has 0 amide bonds. The Morgan fingerprint density at radius 1 is 0.842 bits per heavy atom. The highest BCUT2D eigenvalue weighted by Gasteiger charge is 2.12. The van der Waals surface area contributed by atoms with Crippen LogP contribution in [0.15, 0.2) is 36.4 Å². The minimum absolute atomic E-state index is 0.0501. The lowest BCUT2D eigenvalue weighted by Gasteiger charge is -2.09. The molecule has 2 N–H and O–H groups in total. The van der Waals surface area contributed by atoms with Crippen molar-refractivity contribution in [2.45, 2.75) is 13.2 Å². The average molecular weight is 267 g/mol. The van der Waals surface area contributed by atoms with E-state index in [4.69, 9.17) is 5.11 Å². The van der Waals surface area contributed by atoms with Crippen LogP contribution in [0.5, 0.6) is 0 Å². The van der Waals surface area contributed by atoms with Gasteiger partial charge in [-0.25, -0.2) is 13.2 Å². The van der Waals surface area contributed by atoms with Gasteiger partial charge in [-0.05, 0) is 23.3 Å². The fourth-order valence-electron chi connectivity index (χ4n) is 1.62. The largest absolute Gasteiger partial charge is 0.392 e. The normalized spacial score (nSPS) is 10.5. The Bertz CT molecular complexity index is 570. The summed E-state index contributed by atoms with van der Waals surface area (Å²) in [7, 11) is 0. The number of hydrogen-bond acceptors (Lipinski definition) is 2. The second-order valence-electron chi connectivity index (χ2n) is 4.05. The van der Waals surface area contributed by atoms with Crippen molar-refractivity contribution < 1.29 is 18.3 Å². The van der Waals surface area contributed by atoms with Crippen LogP contribution in [-0.2, 0) is 13.2 Å². The van der Waals surface area contributed by atoms with Gasteiger partial charge in [-0.3, -0.25) is 0 Å². The molecule has 0 spiro atoms. The lowest BCUT2D eigenvalue weighted by Crippen LogP contribution is -2.04. The van der Waals surface area contributed by atoms with Crippen molar-refractivity contribution in [2.75, 3.05) is 5.32 Å². The van der Waals surface area contributed by atoms with Crippen LogP contribution in [0.2, 0.25) is 0 Å². The number of aliphatic hydroxyl groups is 1. The molecule has 0 aliphatic carbocycles. The van der Waals surface area contributed by atoms with E-state index < -0.39 is 17.5 Å². The summed E-state index contributed by atoms with van der Waals surface area (Å²) < 4.78 is 39.1. The van der Waals surface area contributed by atoms with Crippen molar-refractivity contribution in [3.05, 3.63) is 65.0 Å². The molecule has 2 nitrogen and oxygen atoms in total. The number of rotatable bonds is 4. The summed E-state index contributed by atoms with van der Waals surface area (Å²) in [6.07, 6.45) is 0. The Hall–Kier alpha value is -2.01. The Balaban J connectivity index is 2.08. The number of halogens is 3. The first-order chi connectivity index (χ1) is 9.11. The van der Waals surface area contributed by atoms with E-state index in [1.807, 2.05) is 0 Å². The molecule has 0 fully saturated rings. The summed E-state index contributed by atoms with van der Waals surface area (Å²) in [6, 6.07) is 9.01. The lowest BCUT2D eigenvalue weighted by molar-refractivity contribution is 0.282. The topological polar surface area (TPSA) is 32.3 Å². The minimum Gasteiger partial charge on any atom is -0.392 e. The van der Waals surface area contributed by atoms with Crippen molar-refractivity contribution in [3.63, 3.8) is 0 Å². The SMILES string of the molecule is OCc1ccc(CNc2ccc(F)c(F)c2F)cc1. The molecule has 0 saturated heterocycles. The van der Waals surface area contributed by atoms with Gasteiger partial charge in [0.1, 0.15) is 0 Å². The van der Waals surface area contributed by atoms with Crippen LogP contribution >= 0.6 is 0 Å². The number of nitrogens with one attached hydrogen (secondary N) is 1. The predicted octanol–water partition coefficient (Wildman–Crippen LogP) is 3.21. The van der Waals surface area contributed by atoms with Crippen LogP contribution in [0.1, 0.15) is 11.1 Å². The first-order valence-corrected chi connectivity index (χ1v) is 5.68. The molecule has 0 aromatic heterocycles. The van der Waals surface area contributed by atoms with Crippen molar-refractivity contribution >= 4 is 5.69 Å². The Kier molecular flexibility index (Phi) is 4.06. The monoisotopic (exact) mass is 267 g/mol. The van der Waals surface area contributed by atoms with Gasteiger partial charge in [-0.1, -0.05) is 24.3 Å². The van der Waals surface area contributed by atoms with Gasteiger partial charge in [0, 0.05) is 6.54 Å². The van der Waals surface area contributed by atoms with Gasteiger partial charge in [-0.2, -0.15) is 0 Å². The second kappa shape index (κ2) is 5.75. The van der Waals surface area contributed by atoms with Crippen LogP contribution < -0.4 is 5.32 Å². The molecule has 0 heterocycles. The maximum Gasteiger partial charge on any atom is 0.196 e. The minimum atomic E-state index is -1.49. The summed E-state index contributed by atoms with van der Waals surface area (Å²) >= 11 is 0. The molecule has 5 heteroatoms. The number of hydrogen-bond donors (Lipinski definition) is 2. The third-order valence-corrected chi connectivity index (χ3v) is 2.72. The van der Waals surface area contributed by atoms with Crippen LogP contribution in [-0.4, -0.2) is 5.11 Å². The van der Waals surface area contributed by atoms with E-state index in [1.54, 1.807) is 24.3 Å². The van der Waals surface area contributed by atoms with Crippen LogP contribution in [0.25, 0.3) is 0 Å². The molecule has 0 atom stereocenters. The zero-order valence-electron chi connectivity index (χ0n) is 9.96. The molecule has 0 aliphatic rings. The molecular formula is C14H12F3NO. The molecule has 2 rings (SSSR count). The molecule has 0 aliphatic heterocycles. The van der Waals surface area contributed by atoms with Crippen molar-refractivity contribution in [2.24, 2.45) is 0 Å². The second-order valence-corrected chi connectivity index (χ2v) is 4.05. The summed E-state index contributed by atoms with van der Waals surface area (Å²) in [6.45, 7) is 0.221. The maximum atomic E-state index is 13.4. The smallest absolute Gasteiger partial charge is 0.196 e. The highest BCUT2D eigenvalue weighted by molar-refractivity contribution is 5.46. The average Bonchev–Trinajstić information content (AvgIpc) is 2.45. The first-order valence-electron chi connectivity index (χ1n) is 5.68. The molecule has 0 bridgehead atoms. The molecule has 0 saturated carbocycles. The first kappa shape index (κ1) is 13.4. The molecule has 2 aromatic carbocycles. The van der Waals surface area contributed by atoms with Gasteiger partial charge in [-0.15, -0.1) is 0 Å². The molecule has 0 radical (unpaired) electrons. The van der Waals surface area contributed by atoms with E-state index in [0.717, 1.165) is 23.3 Å². The van der Waals surface area contributed by atoms with Gasteiger partial charge in [0.2, 0.25) is 0 Å². The highest BCUT2D eigenvalue weighted by atomic mass is 19.2. The van der Waals surface area contributed by atoms with Crippen LogP contribution in [0.4, 0.5) is 18.9 Å². The molecule has 0 unspecified atom stereocenters. The van der Waals surface area contributed by atoms with Gasteiger partial charge in [0.25, 0.3) is 0 Å². The maximum absolute atomic E-state index is 13.4. The van der Waals surface area contributed by atoms with E-state index >= 15 is 0 Å². The van der Waals surface area contributed by atoms with E-state index in [1.165, 1.54) is 0 Å². The highest BCUT2D eigenvalue weighted by Crippen LogP contribution is 2.20. The molecular weight excluding hydrogens is 255 g/mol. The van der Waals surface area contributed by atoms with Crippen molar-refractivity contribution in [1.82, 2.24) is 0 Å². The van der Waals surface area contributed by atoms with E-state index in [-0.39, 0.29) is 18.8 Å². The Labute approximate surface area is 108 Å². The summed E-state index contributed by atoms with van der Waals surface area (Å²) in [4.78, 5) is 0. The molecule has 2 aromatic rings. The van der Waals surface area contributed by atoms with Gasteiger partial charge in [0.15, 0.2) is 17.5 Å². The quantitative estimate of drug-likeness (QED) is 0.834. The van der Waals surface area contributed by atoms with Crippen LogP contribution in [0, 0.1) is 17.5 Å². The Morgan fingerprint density at radius 2 is 1.47 bits per heavy atom. The number of anilines is 1. The lowest BCUT2D eigenvalue weighted by atomic mass is 10.1. The van der Waals surface area contributed by atoms with Gasteiger partial charge < -0.3 is 10.4 Å². The number of benzene rings is 2. The van der Waals surface area contributed by atoms with E-state index in [0.29, 0.717) is 0 Å². The van der Waals surface area contributed by atoms with Crippen molar-refractivity contribution in [3.8, 4) is 0 Å². The third kappa shape index (κ3) is 3.06. The summed E-state index contributed by atoms with van der Waals surface area (Å²) in [5, 5.41) is 11.6. The Morgan fingerprint density at radius 3 is 2.11 bits per heavy atom. The van der Waals surface area contributed by atoms with Crippen LogP contribution in [0.3, 0.4) is 0 Å². The summed E-state index contributed by atoms with van der Waals surface area (Å²) in [5.41, 5.74) is 1.51. The summed E-state index contributed by atoms with van der Waals surface area (Å²) in [5.74, 6) is -3.93. The standard InChI is InChI=1S/C14H12F3NO/c15-11-5-6-12(14(17)13(11)16)18-7-9-1-3-10(8-19)4-2-9/h1-6,18-19H,7-8H2. The van der Waals surface area contributed by atoms with E-state index in [2.05, 4.69) is 5.32 Å². The van der Waals surface area contributed by atoms with Crippen molar-refractivity contribution in [1.29, 1.82) is 0 Å². The van der Waals surface area contributed by atoms with Gasteiger partial charge >= 0.3 is 0 Å². The zero-order chi connectivity index (χ0) is 13.8. The molecule has 19 heavy (non-hydrogen) atoms. The third-order valence-electron chi connectivity index (χ3n) is 2.72. The van der Waals surface area contributed by atoms with E-state index in [9.17, 15) is 13.2 Å². The molecule has 100 valence electrons. The fraction of sp³-hybridized carbons (Fsp3) is 0.143. The van der Waals surface area contributed by atoms with Gasteiger partial charge in [0.05, 0.1) is 12.3 Å².